The Hall–Kier alpha value is -2.47. The number of piperazine rings is 1. The summed E-state index contributed by atoms with van der Waals surface area (Å²) in [5, 5.41) is 7.91. The van der Waals surface area contributed by atoms with Crippen LogP contribution in [0.4, 0.5) is 5.82 Å². The minimum Gasteiger partial charge on any atom is -0.354 e. The van der Waals surface area contributed by atoms with Gasteiger partial charge < -0.3 is 10.2 Å². The Morgan fingerprint density at radius 1 is 1.09 bits per heavy atom. The molecule has 0 unspecified atom stereocenters. The van der Waals surface area contributed by atoms with E-state index in [2.05, 4.69) is 32.4 Å². The molecule has 4 heterocycles. The van der Waals surface area contributed by atoms with Crippen LogP contribution < -0.4 is 10.2 Å². The maximum atomic E-state index is 4.82. The van der Waals surface area contributed by atoms with Gasteiger partial charge in [0, 0.05) is 26.2 Å². The van der Waals surface area contributed by atoms with Crippen LogP contribution in [-0.2, 0) is 0 Å². The van der Waals surface area contributed by atoms with Crippen LogP contribution in [0, 0.1) is 6.92 Å². The Balaban J connectivity index is 1.76. The van der Waals surface area contributed by atoms with Gasteiger partial charge in [-0.15, -0.1) is 0 Å². The summed E-state index contributed by atoms with van der Waals surface area (Å²) in [5.41, 5.74) is 3.64. The standard InChI is InChI=1S/C16H18N6/c1-12-5-6-15-18-11-14(22(15)20-12)13-3-2-4-16(19-13)21-9-7-17-8-10-21/h2-6,11,17H,7-10H2,1H3. The number of nitrogens with one attached hydrogen (secondary N) is 1. The minimum absolute atomic E-state index is 0.843. The van der Waals surface area contributed by atoms with Gasteiger partial charge in [0.25, 0.3) is 0 Å². The fraction of sp³-hybridized carbons (Fsp3) is 0.312. The SMILES string of the molecule is Cc1ccc2ncc(-c3cccc(N4CCNCC4)n3)n2n1. The fourth-order valence-corrected chi connectivity index (χ4v) is 2.78. The van der Waals surface area contributed by atoms with Crippen molar-refractivity contribution in [3.05, 3.63) is 42.2 Å². The molecule has 112 valence electrons. The molecular weight excluding hydrogens is 276 g/mol. The van der Waals surface area contributed by atoms with Crippen LogP contribution in [0.15, 0.2) is 36.5 Å². The number of fused-ring (bicyclic) bond motifs is 1. The lowest BCUT2D eigenvalue weighted by Crippen LogP contribution is -2.43. The van der Waals surface area contributed by atoms with E-state index in [9.17, 15) is 0 Å². The van der Waals surface area contributed by atoms with Gasteiger partial charge in [0.15, 0.2) is 5.65 Å². The first kappa shape index (κ1) is 13.2. The van der Waals surface area contributed by atoms with Gasteiger partial charge in [-0.2, -0.15) is 5.10 Å². The van der Waals surface area contributed by atoms with Crippen molar-refractivity contribution in [1.29, 1.82) is 0 Å². The van der Waals surface area contributed by atoms with E-state index in [1.54, 1.807) is 0 Å². The third kappa shape index (κ3) is 2.31. The van der Waals surface area contributed by atoms with Crippen molar-refractivity contribution in [2.45, 2.75) is 6.92 Å². The summed E-state index contributed by atoms with van der Waals surface area (Å²) in [6, 6.07) is 10.1. The number of rotatable bonds is 2. The van der Waals surface area contributed by atoms with Crippen LogP contribution >= 0.6 is 0 Å². The molecule has 1 aliphatic rings. The molecule has 0 spiro atoms. The van der Waals surface area contributed by atoms with Crippen LogP contribution in [0.25, 0.3) is 17.0 Å². The van der Waals surface area contributed by atoms with Crippen molar-refractivity contribution in [3.63, 3.8) is 0 Å². The molecule has 0 aliphatic carbocycles. The number of nitrogens with zero attached hydrogens (tertiary/aromatic N) is 5. The van der Waals surface area contributed by atoms with Crippen molar-refractivity contribution in [2.24, 2.45) is 0 Å². The average molecular weight is 294 g/mol. The van der Waals surface area contributed by atoms with Crippen molar-refractivity contribution >= 4 is 11.5 Å². The Morgan fingerprint density at radius 2 is 1.95 bits per heavy atom. The lowest BCUT2D eigenvalue weighted by molar-refractivity contribution is 0.585. The molecule has 1 fully saturated rings. The summed E-state index contributed by atoms with van der Waals surface area (Å²) in [4.78, 5) is 11.5. The number of aryl methyl sites for hydroxylation is 1. The summed E-state index contributed by atoms with van der Waals surface area (Å²) in [6.45, 7) is 5.96. The van der Waals surface area contributed by atoms with Crippen molar-refractivity contribution in [1.82, 2.24) is 24.9 Å². The molecule has 0 amide bonds. The smallest absolute Gasteiger partial charge is 0.154 e. The Kier molecular flexibility index (Phi) is 3.23. The first-order valence-electron chi connectivity index (χ1n) is 7.56. The van der Waals surface area contributed by atoms with Gasteiger partial charge in [-0.1, -0.05) is 6.07 Å². The van der Waals surface area contributed by atoms with Crippen molar-refractivity contribution in [3.8, 4) is 11.4 Å². The van der Waals surface area contributed by atoms with E-state index >= 15 is 0 Å². The Bertz CT molecular complexity index is 803. The van der Waals surface area contributed by atoms with Crippen LogP contribution in [0.5, 0.6) is 0 Å². The summed E-state index contributed by atoms with van der Waals surface area (Å²) in [5.74, 6) is 1.02. The molecule has 1 N–H and O–H groups in total. The number of pyridine rings is 1. The monoisotopic (exact) mass is 294 g/mol. The second-order valence-electron chi connectivity index (χ2n) is 5.51. The van der Waals surface area contributed by atoms with E-state index in [1.807, 2.05) is 35.8 Å². The van der Waals surface area contributed by atoms with E-state index in [1.165, 1.54) is 0 Å². The highest BCUT2D eigenvalue weighted by molar-refractivity contribution is 5.61. The fourth-order valence-electron chi connectivity index (χ4n) is 2.78. The molecule has 0 radical (unpaired) electrons. The number of anilines is 1. The molecule has 3 aromatic heterocycles. The third-order valence-corrected chi connectivity index (χ3v) is 3.93. The van der Waals surface area contributed by atoms with Gasteiger partial charge in [-0.25, -0.2) is 14.5 Å². The molecule has 4 rings (SSSR count). The molecular formula is C16H18N6. The van der Waals surface area contributed by atoms with E-state index in [-0.39, 0.29) is 0 Å². The topological polar surface area (TPSA) is 58.4 Å². The lowest BCUT2D eigenvalue weighted by Gasteiger charge is -2.28. The zero-order valence-electron chi connectivity index (χ0n) is 12.5. The zero-order chi connectivity index (χ0) is 14.9. The second-order valence-corrected chi connectivity index (χ2v) is 5.51. The third-order valence-electron chi connectivity index (χ3n) is 3.93. The average Bonchev–Trinajstić information content (AvgIpc) is 2.99. The summed E-state index contributed by atoms with van der Waals surface area (Å²) >= 11 is 0. The molecule has 1 saturated heterocycles. The summed E-state index contributed by atoms with van der Waals surface area (Å²) < 4.78 is 1.86. The molecule has 1 aliphatic heterocycles. The van der Waals surface area contributed by atoms with Gasteiger partial charge in [0.05, 0.1) is 17.6 Å². The molecule has 6 heteroatoms. The normalized spacial score (nSPS) is 15.4. The minimum atomic E-state index is 0.843. The van der Waals surface area contributed by atoms with Gasteiger partial charge in [-0.3, -0.25) is 0 Å². The molecule has 0 saturated carbocycles. The van der Waals surface area contributed by atoms with Crippen LogP contribution in [0.3, 0.4) is 0 Å². The molecule has 0 aromatic carbocycles. The maximum Gasteiger partial charge on any atom is 0.154 e. The van der Waals surface area contributed by atoms with Gasteiger partial charge in [-0.05, 0) is 31.2 Å². The number of hydrogen-bond acceptors (Lipinski definition) is 5. The second kappa shape index (κ2) is 5.38. The largest absolute Gasteiger partial charge is 0.354 e. The first-order valence-corrected chi connectivity index (χ1v) is 7.56. The van der Waals surface area contributed by atoms with Crippen LogP contribution in [0.2, 0.25) is 0 Å². The van der Waals surface area contributed by atoms with E-state index in [0.29, 0.717) is 0 Å². The first-order chi connectivity index (χ1) is 10.8. The zero-order valence-corrected chi connectivity index (χ0v) is 12.5. The molecule has 22 heavy (non-hydrogen) atoms. The number of aromatic nitrogens is 4. The van der Waals surface area contributed by atoms with E-state index in [0.717, 1.165) is 54.7 Å². The lowest BCUT2D eigenvalue weighted by atomic mass is 10.2. The van der Waals surface area contributed by atoms with Crippen molar-refractivity contribution < 1.29 is 0 Å². The molecule has 0 atom stereocenters. The summed E-state index contributed by atoms with van der Waals surface area (Å²) in [7, 11) is 0. The number of hydrogen-bond donors (Lipinski definition) is 1. The quantitative estimate of drug-likeness (QED) is 0.776. The Morgan fingerprint density at radius 3 is 2.82 bits per heavy atom. The molecule has 6 nitrogen and oxygen atoms in total. The highest BCUT2D eigenvalue weighted by atomic mass is 15.3. The van der Waals surface area contributed by atoms with Crippen LogP contribution in [0.1, 0.15) is 5.69 Å². The highest BCUT2D eigenvalue weighted by Gasteiger charge is 2.14. The van der Waals surface area contributed by atoms with E-state index in [4.69, 9.17) is 4.98 Å². The maximum absolute atomic E-state index is 4.82. The predicted octanol–water partition coefficient (Wildman–Crippen LogP) is 1.51. The number of imidazole rings is 1. The van der Waals surface area contributed by atoms with Crippen LogP contribution in [-0.4, -0.2) is 45.8 Å². The summed E-state index contributed by atoms with van der Waals surface area (Å²) in [6.07, 6.45) is 1.84. The molecule has 0 bridgehead atoms. The predicted molar refractivity (Wildman–Crippen MR) is 86.0 cm³/mol. The highest BCUT2D eigenvalue weighted by Crippen LogP contribution is 2.21. The van der Waals surface area contributed by atoms with Crippen molar-refractivity contribution in [2.75, 3.05) is 31.1 Å². The van der Waals surface area contributed by atoms with Gasteiger partial charge in [0.1, 0.15) is 11.5 Å². The van der Waals surface area contributed by atoms with Gasteiger partial charge >= 0.3 is 0 Å². The Labute approximate surface area is 128 Å². The molecule has 3 aromatic rings. The van der Waals surface area contributed by atoms with E-state index < -0.39 is 0 Å². The van der Waals surface area contributed by atoms with Gasteiger partial charge in [0.2, 0.25) is 0 Å².